The first kappa shape index (κ1) is 33.4. The molecule has 0 aliphatic carbocycles. The predicted octanol–water partition coefficient (Wildman–Crippen LogP) is 2.86. The van der Waals surface area contributed by atoms with Gasteiger partial charge in [-0.05, 0) is 27.9 Å². The van der Waals surface area contributed by atoms with Crippen molar-refractivity contribution in [2.45, 2.75) is 77.2 Å². The monoisotopic (exact) mass is 635 g/mol. The van der Waals surface area contributed by atoms with Gasteiger partial charge in [0.25, 0.3) is 13.9 Å². The molecule has 2 aromatic carbocycles. The van der Waals surface area contributed by atoms with Gasteiger partial charge in [0, 0.05) is 37.1 Å². The highest BCUT2D eigenvalue weighted by Crippen LogP contribution is 2.39. The van der Waals surface area contributed by atoms with Gasteiger partial charge in [0.2, 0.25) is 0 Å². The minimum atomic E-state index is -3.12. The van der Waals surface area contributed by atoms with Crippen molar-refractivity contribution in [3.05, 3.63) is 104 Å². The summed E-state index contributed by atoms with van der Waals surface area (Å²) < 4.78 is 25.5. The van der Waals surface area contributed by atoms with Crippen molar-refractivity contribution in [3.8, 4) is 0 Å². The molecule has 1 fully saturated rings. The van der Waals surface area contributed by atoms with E-state index in [4.69, 9.17) is 18.6 Å². The second-order valence-electron chi connectivity index (χ2n) is 11.9. The molecule has 0 bridgehead atoms. The molecule has 0 unspecified atom stereocenters. The average Bonchev–Trinajstić information content (AvgIpc) is 3.31. The number of azide groups is 1. The summed E-state index contributed by atoms with van der Waals surface area (Å²) in [4.78, 5) is 54.8. The number of hydrogen-bond acceptors (Lipinski definition) is 9. The fourth-order valence-corrected chi connectivity index (χ4v) is 10.4. The number of ether oxygens (including phenoxy) is 3. The van der Waals surface area contributed by atoms with E-state index < -0.39 is 67.1 Å². The third-order valence-corrected chi connectivity index (χ3v) is 12.7. The van der Waals surface area contributed by atoms with Crippen LogP contribution in [0, 0.1) is 6.92 Å². The van der Waals surface area contributed by atoms with Crippen LogP contribution in [-0.2, 0) is 28.2 Å². The maximum atomic E-state index is 12.9. The van der Waals surface area contributed by atoms with Crippen LogP contribution in [0.15, 0.2) is 81.6 Å². The Balaban J connectivity index is 1.83. The number of nitrogens with one attached hydrogen (secondary N) is 1. The Labute approximate surface area is 260 Å². The Morgan fingerprint density at radius 2 is 1.53 bits per heavy atom. The number of benzene rings is 2. The van der Waals surface area contributed by atoms with Crippen LogP contribution in [0.5, 0.6) is 0 Å². The standard InChI is InChI=1S/C31H37N5O8Si/c1-19-17-36(30(40)33-28(19)39)29-27(43-21(3)38)26(42-20(2)37)25(44-29)24(34-35-32)18-41-45(31(4,5)6,22-13-9-7-10-14-22)23-15-11-8-12-16-23/h7-17,24-27,29H,18H2,1-6H3,(H,33,39,40)/t24-,25-,26-,27-,29-/m1/s1. The molecule has 0 radical (unpaired) electrons. The van der Waals surface area contributed by atoms with Gasteiger partial charge in [-0.2, -0.15) is 0 Å². The van der Waals surface area contributed by atoms with E-state index in [1.165, 1.54) is 20.0 Å². The number of carbonyl (C=O) groups excluding carboxylic acids is 2. The zero-order valence-corrected chi connectivity index (χ0v) is 27.0. The van der Waals surface area contributed by atoms with E-state index in [0.717, 1.165) is 21.9 Å². The molecule has 45 heavy (non-hydrogen) atoms. The van der Waals surface area contributed by atoms with Crippen LogP contribution in [0.4, 0.5) is 0 Å². The van der Waals surface area contributed by atoms with Gasteiger partial charge in [0.1, 0.15) is 6.10 Å². The number of aromatic amines is 1. The second kappa shape index (κ2) is 13.7. The van der Waals surface area contributed by atoms with E-state index in [-0.39, 0.29) is 12.2 Å². The molecule has 1 N–H and O–H groups in total. The first-order valence-electron chi connectivity index (χ1n) is 14.4. The Morgan fingerprint density at radius 1 is 1.00 bits per heavy atom. The van der Waals surface area contributed by atoms with Gasteiger partial charge in [-0.15, -0.1) is 0 Å². The predicted molar refractivity (Wildman–Crippen MR) is 168 cm³/mol. The van der Waals surface area contributed by atoms with E-state index in [9.17, 15) is 24.7 Å². The first-order chi connectivity index (χ1) is 21.3. The molecule has 4 rings (SSSR count). The lowest BCUT2D eigenvalue weighted by molar-refractivity contribution is -0.165. The lowest BCUT2D eigenvalue weighted by Gasteiger charge is -2.43. The largest absolute Gasteiger partial charge is 0.456 e. The number of aryl methyl sites for hydroxylation is 1. The van der Waals surface area contributed by atoms with Gasteiger partial charge in [0.05, 0.1) is 6.04 Å². The van der Waals surface area contributed by atoms with Crippen LogP contribution in [0.3, 0.4) is 0 Å². The minimum Gasteiger partial charge on any atom is -0.456 e. The molecule has 13 nitrogen and oxygen atoms in total. The van der Waals surface area contributed by atoms with Crippen molar-refractivity contribution in [1.82, 2.24) is 9.55 Å². The van der Waals surface area contributed by atoms with E-state index in [1.807, 2.05) is 60.7 Å². The molecule has 0 saturated carbocycles. The van der Waals surface area contributed by atoms with Crippen LogP contribution >= 0.6 is 0 Å². The molecule has 238 valence electrons. The van der Waals surface area contributed by atoms with Gasteiger partial charge in [-0.25, -0.2) is 4.79 Å². The van der Waals surface area contributed by atoms with Gasteiger partial charge in [-0.3, -0.25) is 23.9 Å². The molecular formula is C31H37N5O8Si. The Bertz CT molecular complexity index is 1640. The normalized spacial score (nSPS) is 20.6. The Morgan fingerprint density at radius 3 is 2.02 bits per heavy atom. The third-order valence-electron chi connectivity index (χ3n) is 7.72. The lowest BCUT2D eigenvalue weighted by Crippen LogP contribution is -2.67. The summed E-state index contributed by atoms with van der Waals surface area (Å²) in [6.07, 6.45) is -3.92. The number of esters is 2. The summed E-state index contributed by atoms with van der Waals surface area (Å²) in [7, 11) is -3.12. The molecule has 1 saturated heterocycles. The van der Waals surface area contributed by atoms with Gasteiger partial charge < -0.3 is 18.6 Å². The van der Waals surface area contributed by atoms with Crippen molar-refractivity contribution in [2.24, 2.45) is 5.11 Å². The first-order valence-corrected chi connectivity index (χ1v) is 16.3. The third kappa shape index (κ3) is 6.94. The van der Waals surface area contributed by atoms with Crippen molar-refractivity contribution >= 4 is 30.6 Å². The molecule has 3 aromatic rings. The highest BCUT2D eigenvalue weighted by Gasteiger charge is 2.55. The molecular weight excluding hydrogens is 598 g/mol. The van der Waals surface area contributed by atoms with Crippen LogP contribution < -0.4 is 21.6 Å². The van der Waals surface area contributed by atoms with Crippen LogP contribution in [-0.4, -0.2) is 60.8 Å². The molecule has 0 spiro atoms. The average molecular weight is 636 g/mol. The fraction of sp³-hybridized carbons (Fsp3) is 0.419. The van der Waals surface area contributed by atoms with E-state index in [1.54, 1.807) is 0 Å². The molecule has 1 aromatic heterocycles. The van der Waals surface area contributed by atoms with Crippen molar-refractivity contribution < 1.29 is 28.2 Å². The topological polar surface area (TPSA) is 175 Å². The summed E-state index contributed by atoms with van der Waals surface area (Å²) in [6, 6.07) is 18.5. The summed E-state index contributed by atoms with van der Waals surface area (Å²) in [5.41, 5.74) is 8.42. The molecule has 14 heteroatoms. The quantitative estimate of drug-likeness (QED) is 0.116. The number of H-pyrrole nitrogens is 1. The molecule has 5 atom stereocenters. The van der Waals surface area contributed by atoms with Gasteiger partial charge >= 0.3 is 17.6 Å². The molecule has 0 amide bonds. The molecule has 1 aliphatic heterocycles. The van der Waals surface area contributed by atoms with E-state index in [2.05, 4.69) is 35.8 Å². The smallest absolute Gasteiger partial charge is 0.330 e. The number of rotatable bonds is 10. The van der Waals surface area contributed by atoms with E-state index in [0.29, 0.717) is 0 Å². The highest BCUT2D eigenvalue weighted by atomic mass is 28.4. The minimum absolute atomic E-state index is 0.168. The summed E-state index contributed by atoms with van der Waals surface area (Å²) in [6.45, 7) is 9.93. The lowest BCUT2D eigenvalue weighted by atomic mass is 10.0. The SMILES string of the molecule is CC(=O)O[C@H]1[C@@H](OC(C)=O)[C@H](n2cc(C)c(=O)[nH]c2=O)O[C@@H]1[C@@H](CO[Si](c1ccccc1)(c1ccccc1)C(C)(C)C)N=[N+]=[N-]. The zero-order valence-electron chi connectivity index (χ0n) is 26.0. The number of nitrogens with zero attached hydrogens (tertiary/aromatic N) is 4. The Kier molecular flexibility index (Phi) is 10.1. The second-order valence-corrected chi connectivity index (χ2v) is 16.2. The van der Waals surface area contributed by atoms with Gasteiger partial charge in [0.15, 0.2) is 18.4 Å². The number of hydrogen-bond donors (Lipinski definition) is 1. The maximum Gasteiger partial charge on any atom is 0.330 e. The van der Waals surface area contributed by atoms with Crippen molar-refractivity contribution in [3.63, 3.8) is 0 Å². The van der Waals surface area contributed by atoms with E-state index >= 15 is 0 Å². The number of carbonyl (C=O) groups is 2. The van der Waals surface area contributed by atoms with Crippen LogP contribution in [0.2, 0.25) is 5.04 Å². The summed E-state index contributed by atoms with van der Waals surface area (Å²) >= 11 is 0. The van der Waals surface area contributed by atoms with Crippen LogP contribution in [0.25, 0.3) is 10.4 Å². The molecule has 1 aliphatic rings. The van der Waals surface area contributed by atoms with Gasteiger partial charge in [-0.1, -0.05) is 86.5 Å². The zero-order chi connectivity index (χ0) is 32.9. The summed E-state index contributed by atoms with van der Waals surface area (Å²) in [5, 5.41) is 5.57. The Hall–Kier alpha value is -4.49. The number of aromatic nitrogens is 2. The van der Waals surface area contributed by atoms with Crippen molar-refractivity contribution in [2.75, 3.05) is 6.61 Å². The maximum absolute atomic E-state index is 12.9. The van der Waals surface area contributed by atoms with Crippen LogP contribution in [0.1, 0.15) is 46.4 Å². The highest BCUT2D eigenvalue weighted by molar-refractivity contribution is 6.99. The summed E-state index contributed by atoms with van der Waals surface area (Å²) in [5.74, 6) is -1.45. The molecule has 2 heterocycles. The van der Waals surface area contributed by atoms with Crippen molar-refractivity contribution in [1.29, 1.82) is 0 Å². The fourth-order valence-electron chi connectivity index (χ4n) is 5.85.